The zero-order chi connectivity index (χ0) is 20.3. The number of hydrogen-bond acceptors (Lipinski definition) is 3. The van der Waals surface area contributed by atoms with Gasteiger partial charge in [0.15, 0.2) is 11.6 Å². The van der Waals surface area contributed by atoms with E-state index in [4.69, 9.17) is 4.74 Å². The number of benzene rings is 2. The van der Waals surface area contributed by atoms with Crippen molar-refractivity contribution in [3.05, 3.63) is 81.6 Å². The van der Waals surface area contributed by atoms with Crippen molar-refractivity contribution in [1.82, 2.24) is 14.7 Å². The molecule has 8 heteroatoms. The quantitative estimate of drug-likeness (QED) is 0.563. The van der Waals surface area contributed by atoms with E-state index in [1.807, 2.05) is 7.05 Å². The van der Waals surface area contributed by atoms with Crippen LogP contribution in [0.3, 0.4) is 0 Å². The molecule has 0 unspecified atom stereocenters. The van der Waals surface area contributed by atoms with E-state index in [-0.39, 0.29) is 18.3 Å². The summed E-state index contributed by atoms with van der Waals surface area (Å²) in [6, 6.07) is 10.0. The number of amides is 1. The number of nitrogens with zero attached hydrogens (tertiary/aromatic N) is 3. The van der Waals surface area contributed by atoms with E-state index in [1.54, 1.807) is 47.1 Å². The number of carbonyl (C=O) groups excluding carboxylic acids is 1. The fourth-order valence-electron chi connectivity index (χ4n) is 2.68. The van der Waals surface area contributed by atoms with Crippen LogP contribution in [0.15, 0.2) is 53.1 Å². The first-order valence-electron chi connectivity index (χ1n) is 8.44. The lowest BCUT2D eigenvalue weighted by Gasteiger charge is -2.18. The average molecular weight is 450 g/mol. The third-order valence-corrected chi connectivity index (χ3v) is 4.87. The van der Waals surface area contributed by atoms with E-state index in [1.165, 1.54) is 6.07 Å². The van der Waals surface area contributed by atoms with Gasteiger partial charge in [0.25, 0.3) is 5.91 Å². The Labute approximate surface area is 169 Å². The van der Waals surface area contributed by atoms with Gasteiger partial charge in [0.2, 0.25) is 0 Å². The van der Waals surface area contributed by atoms with E-state index < -0.39 is 11.6 Å². The van der Waals surface area contributed by atoms with Crippen molar-refractivity contribution in [2.75, 3.05) is 7.05 Å². The highest BCUT2D eigenvalue weighted by Gasteiger charge is 2.16. The Kier molecular flexibility index (Phi) is 6.08. The number of carbonyl (C=O) groups is 1. The fourth-order valence-corrected chi connectivity index (χ4v) is 3.15. The average Bonchev–Trinajstić information content (AvgIpc) is 2.99. The largest absolute Gasteiger partial charge is 0.486 e. The molecule has 3 aromatic rings. The molecule has 0 radical (unpaired) electrons. The Bertz CT molecular complexity index is 987. The summed E-state index contributed by atoms with van der Waals surface area (Å²) in [4.78, 5) is 14.3. The monoisotopic (exact) mass is 449 g/mol. The summed E-state index contributed by atoms with van der Waals surface area (Å²) in [7, 11) is 3.52. The van der Waals surface area contributed by atoms with Crippen LogP contribution in [0.25, 0.3) is 0 Å². The summed E-state index contributed by atoms with van der Waals surface area (Å²) in [5, 5.41) is 4.14. The predicted octanol–water partition coefficient (Wildman–Crippen LogP) is 4.31. The van der Waals surface area contributed by atoms with Gasteiger partial charge in [-0.1, -0.05) is 12.1 Å². The van der Waals surface area contributed by atoms with Crippen molar-refractivity contribution in [2.45, 2.75) is 13.2 Å². The van der Waals surface area contributed by atoms with Gasteiger partial charge in [0.1, 0.15) is 12.4 Å². The second-order valence-corrected chi connectivity index (χ2v) is 7.14. The number of halogens is 3. The summed E-state index contributed by atoms with van der Waals surface area (Å²) in [5.74, 6) is -1.64. The van der Waals surface area contributed by atoms with Crippen LogP contribution in [-0.4, -0.2) is 27.6 Å². The lowest BCUT2D eigenvalue weighted by molar-refractivity contribution is 0.0781. The summed E-state index contributed by atoms with van der Waals surface area (Å²) in [6.45, 7) is 0.443. The molecule has 0 aliphatic carbocycles. The number of aromatic nitrogens is 2. The van der Waals surface area contributed by atoms with E-state index in [0.717, 1.165) is 22.3 Å². The molecule has 3 rings (SSSR count). The first-order valence-corrected chi connectivity index (χ1v) is 9.23. The van der Waals surface area contributed by atoms with Crippen molar-refractivity contribution in [3.63, 3.8) is 0 Å². The lowest BCUT2D eigenvalue weighted by atomic mass is 10.1. The normalized spacial score (nSPS) is 10.8. The van der Waals surface area contributed by atoms with Gasteiger partial charge in [0, 0.05) is 25.7 Å². The molecule has 0 saturated carbocycles. The lowest BCUT2D eigenvalue weighted by Crippen LogP contribution is -2.27. The molecule has 5 nitrogen and oxygen atoms in total. The molecular weight excluding hydrogens is 432 g/mol. The Morgan fingerprint density at radius 3 is 2.71 bits per heavy atom. The summed E-state index contributed by atoms with van der Waals surface area (Å²) >= 11 is 3.42. The van der Waals surface area contributed by atoms with Crippen molar-refractivity contribution in [3.8, 4) is 5.75 Å². The van der Waals surface area contributed by atoms with Crippen LogP contribution in [0.5, 0.6) is 5.75 Å². The van der Waals surface area contributed by atoms with Crippen LogP contribution in [0.1, 0.15) is 21.6 Å². The zero-order valence-corrected chi connectivity index (χ0v) is 16.9. The molecule has 0 bridgehead atoms. The molecule has 1 aromatic heterocycles. The topological polar surface area (TPSA) is 47.4 Å². The van der Waals surface area contributed by atoms with Crippen molar-refractivity contribution >= 4 is 21.8 Å². The fraction of sp³-hybridized carbons (Fsp3) is 0.200. The van der Waals surface area contributed by atoms with E-state index >= 15 is 0 Å². The number of hydrogen-bond donors (Lipinski definition) is 0. The minimum Gasteiger partial charge on any atom is -0.486 e. The maximum atomic E-state index is 13.7. The Morgan fingerprint density at radius 2 is 2.04 bits per heavy atom. The second kappa shape index (κ2) is 8.52. The van der Waals surface area contributed by atoms with Gasteiger partial charge in [-0.25, -0.2) is 8.78 Å². The second-order valence-electron chi connectivity index (χ2n) is 6.29. The van der Waals surface area contributed by atoms with Crippen molar-refractivity contribution in [1.29, 1.82) is 0 Å². The third-order valence-electron chi connectivity index (χ3n) is 4.21. The molecular formula is C20H18BrF2N3O2. The Morgan fingerprint density at radius 1 is 1.25 bits per heavy atom. The van der Waals surface area contributed by atoms with E-state index in [0.29, 0.717) is 17.7 Å². The molecule has 0 atom stereocenters. The molecule has 0 aliphatic rings. The van der Waals surface area contributed by atoms with Crippen LogP contribution in [0.2, 0.25) is 0 Å². The SMILES string of the molecule is CN(Cc1c(Br)cnn1C)C(=O)c1cccc(COc2ccc(F)cc2F)c1. The first kappa shape index (κ1) is 20.0. The highest BCUT2D eigenvalue weighted by molar-refractivity contribution is 9.10. The molecule has 28 heavy (non-hydrogen) atoms. The number of aryl methyl sites for hydroxylation is 1. The van der Waals surface area contributed by atoms with Crippen LogP contribution in [0, 0.1) is 11.6 Å². The van der Waals surface area contributed by atoms with Gasteiger partial charge in [-0.05, 0) is 45.8 Å². The maximum absolute atomic E-state index is 13.7. The van der Waals surface area contributed by atoms with Crippen LogP contribution in [0.4, 0.5) is 8.78 Å². The third kappa shape index (κ3) is 4.56. The van der Waals surface area contributed by atoms with Crippen LogP contribution in [-0.2, 0) is 20.2 Å². The summed E-state index contributed by atoms with van der Waals surface area (Å²) in [5.41, 5.74) is 2.06. The highest BCUT2D eigenvalue weighted by Crippen LogP contribution is 2.20. The molecule has 1 heterocycles. The standard InChI is InChI=1S/C20H18BrF2N3O2/c1-25(11-18-16(21)10-24-26(18)2)20(27)14-5-3-4-13(8-14)12-28-19-7-6-15(22)9-17(19)23/h3-10H,11-12H2,1-2H3. The van der Waals surface area contributed by atoms with Gasteiger partial charge in [-0.3, -0.25) is 9.48 Å². The van der Waals surface area contributed by atoms with E-state index in [9.17, 15) is 13.6 Å². The van der Waals surface area contributed by atoms with Crippen LogP contribution < -0.4 is 4.74 Å². The molecule has 0 spiro atoms. The van der Waals surface area contributed by atoms with Gasteiger partial charge in [0.05, 0.1) is 22.9 Å². The minimum absolute atomic E-state index is 0.0451. The maximum Gasteiger partial charge on any atom is 0.253 e. The van der Waals surface area contributed by atoms with Crippen molar-refractivity contribution in [2.24, 2.45) is 7.05 Å². The van der Waals surface area contributed by atoms with Crippen LogP contribution >= 0.6 is 15.9 Å². The van der Waals surface area contributed by atoms with Gasteiger partial charge in [-0.15, -0.1) is 0 Å². The summed E-state index contributed by atoms with van der Waals surface area (Å²) < 4.78 is 34.6. The minimum atomic E-state index is -0.770. The molecule has 2 aromatic carbocycles. The predicted molar refractivity (Wildman–Crippen MR) is 104 cm³/mol. The van der Waals surface area contributed by atoms with Gasteiger partial charge < -0.3 is 9.64 Å². The van der Waals surface area contributed by atoms with E-state index in [2.05, 4.69) is 21.0 Å². The van der Waals surface area contributed by atoms with Gasteiger partial charge >= 0.3 is 0 Å². The Hall–Kier alpha value is -2.74. The zero-order valence-electron chi connectivity index (χ0n) is 15.3. The summed E-state index contributed by atoms with van der Waals surface area (Å²) in [6.07, 6.45) is 1.68. The number of ether oxygens (including phenoxy) is 1. The smallest absolute Gasteiger partial charge is 0.253 e. The van der Waals surface area contributed by atoms with Gasteiger partial charge in [-0.2, -0.15) is 5.10 Å². The molecule has 0 saturated heterocycles. The molecule has 0 fully saturated rings. The molecule has 1 amide bonds. The molecule has 0 aliphatic heterocycles. The molecule has 0 N–H and O–H groups in total. The highest BCUT2D eigenvalue weighted by atomic mass is 79.9. The Balaban J connectivity index is 1.69. The molecule has 146 valence electrons. The first-order chi connectivity index (χ1) is 13.3. The van der Waals surface area contributed by atoms with Crippen molar-refractivity contribution < 1.29 is 18.3 Å². The number of rotatable bonds is 6.